The molecule has 6 nitrogen and oxygen atoms in total. The second-order valence-corrected chi connectivity index (χ2v) is 6.72. The van der Waals surface area contributed by atoms with E-state index in [0.29, 0.717) is 11.7 Å². The fraction of sp³-hybridized carbons (Fsp3) is 0.167. The van der Waals surface area contributed by atoms with Crippen molar-refractivity contribution in [1.82, 2.24) is 19.5 Å². The zero-order chi connectivity index (χ0) is 14.8. The third-order valence-corrected chi connectivity index (χ3v) is 4.67. The number of thioether (sulfide) groups is 1. The second kappa shape index (κ2) is 6.12. The molecular formula is C12H9BrN4O2S2. The molecule has 3 aromatic rings. The third-order valence-electron chi connectivity index (χ3n) is 2.64. The van der Waals surface area contributed by atoms with E-state index >= 15 is 0 Å². The Hall–Kier alpha value is -1.45. The zero-order valence-corrected chi connectivity index (χ0v) is 13.8. The minimum Gasteiger partial charge on any atom is -0.481 e. The zero-order valence-electron chi connectivity index (χ0n) is 10.6. The van der Waals surface area contributed by atoms with Crippen LogP contribution in [0.4, 0.5) is 0 Å². The van der Waals surface area contributed by atoms with Crippen molar-refractivity contribution in [2.75, 3.05) is 5.75 Å². The number of imidazole rings is 1. The van der Waals surface area contributed by atoms with Gasteiger partial charge in [-0.15, -0.1) is 11.3 Å². The predicted molar refractivity (Wildman–Crippen MR) is 84.8 cm³/mol. The molecule has 1 N–H and O–H groups in total. The Labute approximate surface area is 136 Å². The number of aliphatic carboxylic acids is 1. The summed E-state index contributed by atoms with van der Waals surface area (Å²) in [4.78, 5) is 23.9. The van der Waals surface area contributed by atoms with E-state index in [-0.39, 0.29) is 5.75 Å². The Balaban J connectivity index is 2.03. The summed E-state index contributed by atoms with van der Waals surface area (Å²) in [6.45, 7) is 0.524. The molecule has 3 rings (SSSR count). The molecule has 108 valence electrons. The molecule has 0 saturated heterocycles. The first kappa shape index (κ1) is 14.5. The van der Waals surface area contributed by atoms with Crippen LogP contribution in [-0.4, -0.2) is 36.3 Å². The lowest BCUT2D eigenvalue weighted by Gasteiger charge is -2.05. The maximum absolute atomic E-state index is 10.8. The molecule has 9 heteroatoms. The van der Waals surface area contributed by atoms with Gasteiger partial charge in [-0.2, -0.15) is 0 Å². The Morgan fingerprint density at radius 1 is 1.48 bits per heavy atom. The molecule has 0 unspecified atom stereocenters. The summed E-state index contributed by atoms with van der Waals surface area (Å²) >= 11 is 6.07. The number of hydrogen-bond donors (Lipinski definition) is 1. The summed E-state index contributed by atoms with van der Waals surface area (Å²) in [6.07, 6.45) is 1.70. The molecule has 0 atom stereocenters. The van der Waals surface area contributed by atoms with Crippen molar-refractivity contribution in [3.05, 3.63) is 33.3 Å². The van der Waals surface area contributed by atoms with Gasteiger partial charge in [0.2, 0.25) is 0 Å². The molecule has 0 aliphatic rings. The normalized spacial score (nSPS) is 11.1. The lowest BCUT2D eigenvalue weighted by molar-refractivity contribution is -0.133. The van der Waals surface area contributed by atoms with Crippen molar-refractivity contribution < 1.29 is 9.90 Å². The number of carboxylic acids is 1. The Morgan fingerprint density at radius 2 is 2.33 bits per heavy atom. The highest BCUT2D eigenvalue weighted by atomic mass is 79.9. The highest BCUT2D eigenvalue weighted by Crippen LogP contribution is 2.25. The summed E-state index contributed by atoms with van der Waals surface area (Å²) in [5.41, 5.74) is 4.12. The lowest BCUT2D eigenvalue weighted by Crippen LogP contribution is -2.05. The van der Waals surface area contributed by atoms with Gasteiger partial charge in [-0.25, -0.2) is 15.0 Å². The van der Waals surface area contributed by atoms with Crippen LogP contribution in [0.25, 0.3) is 11.2 Å². The van der Waals surface area contributed by atoms with Crippen molar-refractivity contribution in [3.63, 3.8) is 0 Å². The quantitative estimate of drug-likeness (QED) is 0.681. The van der Waals surface area contributed by atoms with Crippen molar-refractivity contribution >= 4 is 56.2 Å². The molecule has 0 aliphatic heterocycles. The fourth-order valence-corrected chi connectivity index (χ4v) is 3.41. The Bertz CT molecular complexity index is 788. The largest absolute Gasteiger partial charge is 0.481 e. The van der Waals surface area contributed by atoms with Gasteiger partial charge in [0.15, 0.2) is 10.8 Å². The van der Waals surface area contributed by atoms with E-state index in [0.717, 1.165) is 21.3 Å². The fourth-order valence-electron chi connectivity index (χ4n) is 1.82. The molecule has 0 amide bonds. The van der Waals surface area contributed by atoms with E-state index in [4.69, 9.17) is 5.11 Å². The van der Waals surface area contributed by atoms with Crippen LogP contribution in [-0.2, 0) is 11.3 Å². The molecule has 3 heterocycles. The topological polar surface area (TPSA) is 80.9 Å². The average molecular weight is 385 g/mol. The summed E-state index contributed by atoms with van der Waals surface area (Å²) < 4.78 is 2.73. The van der Waals surface area contributed by atoms with Crippen LogP contribution in [0.5, 0.6) is 0 Å². The molecule has 0 aliphatic carbocycles. The SMILES string of the molecule is O=C(O)CSc1nc2cc(Br)cnc2n1Cc1cscn1. The molecule has 0 radical (unpaired) electrons. The van der Waals surface area contributed by atoms with Crippen LogP contribution in [0.15, 0.2) is 32.8 Å². The van der Waals surface area contributed by atoms with Gasteiger partial charge >= 0.3 is 5.97 Å². The monoisotopic (exact) mass is 384 g/mol. The number of carboxylic acid groups (broad SMARTS) is 1. The van der Waals surface area contributed by atoms with Gasteiger partial charge in [0.25, 0.3) is 0 Å². The van der Waals surface area contributed by atoms with Gasteiger partial charge in [0.1, 0.15) is 5.52 Å². The number of halogens is 1. The predicted octanol–water partition coefficient (Wildman–Crippen LogP) is 2.88. The molecule has 0 aromatic carbocycles. The van der Waals surface area contributed by atoms with Crippen LogP contribution >= 0.6 is 39.0 Å². The molecule has 3 aromatic heterocycles. The first-order valence-corrected chi connectivity index (χ1v) is 8.59. The minimum absolute atomic E-state index is 0.0401. The average Bonchev–Trinajstić information content (AvgIpc) is 3.05. The van der Waals surface area contributed by atoms with Gasteiger partial charge in [-0.05, 0) is 22.0 Å². The smallest absolute Gasteiger partial charge is 0.313 e. The summed E-state index contributed by atoms with van der Waals surface area (Å²) in [5.74, 6) is -0.914. The van der Waals surface area contributed by atoms with Gasteiger partial charge in [-0.3, -0.25) is 9.36 Å². The first-order chi connectivity index (χ1) is 10.1. The highest BCUT2D eigenvalue weighted by Gasteiger charge is 2.15. The van der Waals surface area contributed by atoms with E-state index in [1.54, 1.807) is 11.7 Å². The van der Waals surface area contributed by atoms with E-state index in [2.05, 4.69) is 30.9 Å². The maximum atomic E-state index is 10.8. The third kappa shape index (κ3) is 3.25. The number of rotatable bonds is 5. The summed E-state index contributed by atoms with van der Waals surface area (Å²) in [7, 11) is 0. The molecule has 0 spiro atoms. The van der Waals surface area contributed by atoms with E-state index in [9.17, 15) is 4.79 Å². The number of nitrogens with zero attached hydrogens (tertiary/aromatic N) is 4. The molecule has 0 fully saturated rings. The second-order valence-electron chi connectivity index (χ2n) is 4.14. The lowest BCUT2D eigenvalue weighted by atomic mass is 10.4. The molecule has 0 saturated carbocycles. The number of carbonyl (C=O) groups is 1. The van der Waals surface area contributed by atoms with Gasteiger partial charge in [0.05, 0.1) is 23.5 Å². The molecular weight excluding hydrogens is 376 g/mol. The van der Waals surface area contributed by atoms with Crippen molar-refractivity contribution in [1.29, 1.82) is 0 Å². The standard InChI is InChI=1S/C12H9BrN4O2S2/c13-7-1-9-11(14-2-7)17(3-8-4-20-6-15-8)12(16-9)21-5-10(18)19/h1-2,4,6H,3,5H2,(H,18,19). The minimum atomic E-state index is -0.874. The summed E-state index contributed by atoms with van der Waals surface area (Å²) in [5, 5.41) is 11.4. The Morgan fingerprint density at radius 3 is 3.05 bits per heavy atom. The van der Waals surface area contributed by atoms with E-state index < -0.39 is 5.97 Å². The molecule has 0 bridgehead atoms. The number of fused-ring (bicyclic) bond motifs is 1. The van der Waals surface area contributed by atoms with E-state index in [1.807, 2.05) is 16.0 Å². The van der Waals surface area contributed by atoms with Crippen LogP contribution in [0, 0.1) is 0 Å². The first-order valence-electron chi connectivity index (χ1n) is 5.87. The van der Waals surface area contributed by atoms with E-state index in [1.165, 1.54) is 23.1 Å². The maximum Gasteiger partial charge on any atom is 0.313 e. The molecule has 21 heavy (non-hydrogen) atoms. The highest BCUT2D eigenvalue weighted by molar-refractivity contribution is 9.10. The van der Waals surface area contributed by atoms with Crippen LogP contribution in [0.2, 0.25) is 0 Å². The van der Waals surface area contributed by atoms with Crippen LogP contribution < -0.4 is 0 Å². The number of thiazole rings is 1. The van der Waals surface area contributed by atoms with Crippen molar-refractivity contribution in [3.8, 4) is 0 Å². The van der Waals surface area contributed by atoms with Crippen LogP contribution in [0.3, 0.4) is 0 Å². The van der Waals surface area contributed by atoms with Crippen molar-refractivity contribution in [2.24, 2.45) is 0 Å². The van der Waals surface area contributed by atoms with Crippen molar-refractivity contribution in [2.45, 2.75) is 11.7 Å². The summed E-state index contributed by atoms with van der Waals surface area (Å²) in [6, 6.07) is 1.87. The Kier molecular flexibility index (Phi) is 4.22. The number of hydrogen-bond acceptors (Lipinski definition) is 6. The van der Waals surface area contributed by atoms with Gasteiger partial charge < -0.3 is 5.11 Å². The van der Waals surface area contributed by atoms with Gasteiger partial charge in [0, 0.05) is 16.0 Å². The number of pyridine rings is 1. The van der Waals surface area contributed by atoms with Crippen LogP contribution in [0.1, 0.15) is 5.69 Å². The van der Waals surface area contributed by atoms with Gasteiger partial charge in [-0.1, -0.05) is 11.8 Å². The number of aromatic nitrogens is 4.